The summed E-state index contributed by atoms with van der Waals surface area (Å²) in [7, 11) is 0. The minimum absolute atomic E-state index is 0.478. The molecule has 0 saturated heterocycles. The highest BCUT2D eigenvalue weighted by molar-refractivity contribution is 5.63. The molecule has 2 N–H and O–H groups in total. The second kappa shape index (κ2) is 4.11. The van der Waals surface area contributed by atoms with Crippen LogP contribution in [0.1, 0.15) is 35.7 Å². The Morgan fingerprint density at radius 1 is 1.44 bits per heavy atom. The van der Waals surface area contributed by atoms with Crippen molar-refractivity contribution >= 4 is 11.5 Å². The Morgan fingerprint density at radius 3 is 2.89 bits per heavy atom. The fraction of sp³-hybridized carbons (Fsp3) is 0.333. The highest BCUT2D eigenvalue weighted by Crippen LogP contribution is 2.39. The van der Waals surface area contributed by atoms with Gasteiger partial charge in [-0.1, -0.05) is 0 Å². The third-order valence-corrected chi connectivity index (χ3v) is 3.01. The third-order valence-electron chi connectivity index (χ3n) is 3.01. The van der Waals surface area contributed by atoms with Crippen LogP contribution in [-0.2, 0) is 0 Å². The lowest BCUT2D eigenvalue weighted by Crippen LogP contribution is -2.01. The van der Waals surface area contributed by atoms with Gasteiger partial charge in [-0.3, -0.25) is 5.10 Å². The summed E-state index contributed by atoms with van der Waals surface area (Å²) in [5.74, 6) is 0.973. The number of hydrogen-bond acceptors (Lipinski definition) is 5. The summed E-state index contributed by atoms with van der Waals surface area (Å²) >= 11 is 0. The van der Waals surface area contributed by atoms with Gasteiger partial charge in [-0.2, -0.15) is 15.5 Å². The van der Waals surface area contributed by atoms with Gasteiger partial charge in [0.2, 0.25) is 0 Å². The minimum Gasteiger partial charge on any atom is -0.335 e. The van der Waals surface area contributed by atoms with Crippen LogP contribution in [0, 0.1) is 18.3 Å². The average Bonchev–Trinajstić information content (AvgIpc) is 3.16. The highest BCUT2D eigenvalue weighted by Gasteiger charge is 2.26. The van der Waals surface area contributed by atoms with Gasteiger partial charge in [-0.15, -0.1) is 5.10 Å². The van der Waals surface area contributed by atoms with Crippen LogP contribution in [-0.4, -0.2) is 20.4 Å². The van der Waals surface area contributed by atoms with Crippen LogP contribution in [0.15, 0.2) is 12.3 Å². The molecule has 0 atom stereocenters. The number of nitriles is 1. The smallest absolute Gasteiger partial charge is 0.171 e. The van der Waals surface area contributed by atoms with E-state index in [9.17, 15) is 0 Å². The zero-order valence-corrected chi connectivity index (χ0v) is 9.94. The van der Waals surface area contributed by atoms with Crippen molar-refractivity contribution in [2.24, 2.45) is 0 Å². The van der Waals surface area contributed by atoms with Gasteiger partial charge in [0.25, 0.3) is 0 Å². The van der Waals surface area contributed by atoms with Gasteiger partial charge in [0, 0.05) is 5.92 Å². The number of aromatic amines is 1. The van der Waals surface area contributed by atoms with Crippen LogP contribution in [0.25, 0.3) is 0 Å². The monoisotopic (exact) mass is 240 g/mol. The lowest BCUT2D eigenvalue weighted by molar-refractivity contribution is 0.911. The Hall–Kier alpha value is -2.42. The summed E-state index contributed by atoms with van der Waals surface area (Å²) in [6.45, 7) is 1.90. The molecule has 3 rings (SSSR count). The second-order valence-corrected chi connectivity index (χ2v) is 4.45. The summed E-state index contributed by atoms with van der Waals surface area (Å²) in [4.78, 5) is 0. The van der Waals surface area contributed by atoms with Crippen molar-refractivity contribution in [1.29, 1.82) is 5.26 Å². The molecule has 1 aliphatic rings. The van der Waals surface area contributed by atoms with Crippen molar-refractivity contribution in [1.82, 2.24) is 20.4 Å². The molecule has 0 bridgehead atoms. The molecule has 0 unspecified atom stereocenters. The minimum atomic E-state index is 0.478. The van der Waals surface area contributed by atoms with Gasteiger partial charge < -0.3 is 5.32 Å². The van der Waals surface area contributed by atoms with E-state index in [-0.39, 0.29) is 0 Å². The predicted octanol–water partition coefficient (Wildman–Crippen LogP) is 2.00. The van der Waals surface area contributed by atoms with Crippen molar-refractivity contribution in [3.8, 4) is 6.07 Å². The van der Waals surface area contributed by atoms with Crippen LogP contribution in [0.3, 0.4) is 0 Å². The van der Waals surface area contributed by atoms with E-state index in [0.717, 1.165) is 29.9 Å². The number of rotatable bonds is 3. The average molecular weight is 240 g/mol. The molecule has 0 amide bonds. The van der Waals surface area contributed by atoms with E-state index < -0.39 is 0 Å². The quantitative estimate of drug-likeness (QED) is 0.856. The molecule has 0 aromatic carbocycles. The predicted molar refractivity (Wildman–Crippen MR) is 65.3 cm³/mol. The highest BCUT2D eigenvalue weighted by atomic mass is 15.2. The van der Waals surface area contributed by atoms with Crippen molar-refractivity contribution in [3.05, 3.63) is 29.2 Å². The molecule has 0 aliphatic heterocycles. The maximum Gasteiger partial charge on any atom is 0.171 e. The van der Waals surface area contributed by atoms with E-state index in [0.29, 0.717) is 17.3 Å². The zero-order chi connectivity index (χ0) is 12.5. The molecule has 0 spiro atoms. The van der Waals surface area contributed by atoms with E-state index in [1.807, 2.05) is 13.0 Å². The number of aromatic nitrogens is 4. The van der Waals surface area contributed by atoms with Crippen LogP contribution in [0.4, 0.5) is 11.5 Å². The Balaban J connectivity index is 1.92. The molecule has 1 aliphatic carbocycles. The summed E-state index contributed by atoms with van der Waals surface area (Å²) in [5, 5.41) is 27.2. The van der Waals surface area contributed by atoms with Crippen molar-refractivity contribution in [2.75, 3.05) is 5.32 Å². The number of anilines is 2. The van der Waals surface area contributed by atoms with Gasteiger partial charge in [-0.05, 0) is 25.8 Å². The first-order valence-electron chi connectivity index (χ1n) is 5.82. The Morgan fingerprint density at radius 2 is 2.28 bits per heavy atom. The van der Waals surface area contributed by atoms with Crippen LogP contribution in [0.5, 0.6) is 0 Å². The molecular formula is C12H12N6. The topological polar surface area (TPSA) is 90.3 Å². The molecule has 2 aromatic rings. The fourth-order valence-corrected chi connectivity index (χ4v) is 1.77. The molecular weight excluding hydrogens is 228 g/mol. The molecule has 1 fully saturated rings. The van der Waals surface area contributed by atoms with E-state index in [4.69, 9.17) is 5.26 Å². The molecule has 6 nitrogen and oxygen atoms in total. The number of nitrogens with zero attached hydrogens (tertiary/aromatic N) is 4. The van der Waals surface area contributed by atoms with Crippen molar-refractivity contribution in [2.45, 2.75) is 25.7 Å². The van der Waals surface area contributed by atoms with Gasteiger partial charge in [0.15, 0.2) is 5.82 Å². The maximum absolute atomic E-state index is 9.16. The van der Waals surface area contributed by atoms with E-state index in [1.165, 1.54) is 0 Å². The lowest BCUT2D eigenvalue weighted by Gasteiger charge is -2.06. The summed E-state index contributed by atoms with van der Waals surface area (Å²) in [5.41, 5.74) is 3.14. The SMILES string of the molecule is Cc1[nH]ncc1Nc1nnc(C2CC2)cc1C#N. The first-order chi connectivity index (χ1) is 8.78. The molecule has 90 valence electrons. The Labute approximate surface area is 104 Å². The number of aryl methyl sites for hydroxylation is 1. The van der Waals surface area contributed by atoms with Crippen molar-refractivity contribution in [3.63, 3.8) is 0 Å². The summed E-state index contributed by atoms with van der Waals surface area (Å²) in [6.07, 6.45) is 3.95. The van der Waals surface area contributed by atoms with Gasteiger partial charge in [-0.25, -0.2) is 0 Å². The maximum atomic E-state index is 9.16. The molecule has 0 radical (unpaired) electrons. The lowest BCUT2D eigenvalue weighted by atomic mass is 10.2. The normalized spacial score (nSPS) is 14.2. The van der Waals surface area contributed by atoms with E-state index >= 15 is 0 Å². The first-order valence-corrected chi connectivity index (χ1v) is 5.82. The molecule has 18 heavy (non-hydrogen) atoms. The Kier molecular flexibility index (Phi) is 2.45. The van der Waals surface area contributed by atoms with E-state index in [2.05, 4.69) is 31.8 Å². The summed E-state index contributed by atoms with van der Waals surface area (Å²) < 4.78 is 0. The molecule has 2 heterocycles. The number of H-pyrrole nitrogens is 1. The second-order valence-electron chi connectivity index (χ2n) is 4.45. The largest absolute Gasteiger partial charge is 0.335 e. The van der Waals surface area contributed by atoms with E-state index in [1.54, 1.807) is 6.20 Å². The van der Waals surface area contributed by atoms with Gasteiger partial charge in [0.1, 0.15) is 6.07 Å². The third kappa shape index (κ3) is 1.91. The summed E-state index contributed by atoms with van der Waals surface area (Å²) in [6, 6.07) is 3.98. The van der Waals surface area contributed by atoms with Gasteiger partial charge in [0.05, 0.1) is 28.8 Å². The number of hydrogen-bond donors (Lipinski definition) is 2. The first kappa shape index (κ1) is 10.7. The van der Waals surface area contributed by atoms with Crippen LogP contribution < -0.4 is 5.32 Å². The van der Waals surface area contributed by atoms with Crippen LogP contribution in [0.2, 0.25) is 0 Å². The fourth-order valence-electron chi connectivity index (χ4n) is 1.77. The molecule has 2 aromatic heterocycles. The molecule has 6 heteroatoms. The van der Waals surface area contributed by atoms with Crippen LogP contribution >= 0.6 is 0 Å². The Bertz CT molecular complexity index is 620. The number of nitrogens with one attached hydrogen (secondary N) is 2. The standard InChI is InChI=1S/C12H12N6/c1-7-11(6-14-16-7)15-12-9(5-13)4-10(17-18-12)8-2-3-8/h4,6,8H,2-3H2,1H3,(H,14,16)(H,15,18). The zero-order valence-electron chi connectivity index (χ0n) is 9.94. The van der Waals surface area contributed by atoms with Crippen molar-refractivity contribution < 1.29 is 0 Å². The molecule has 1 saturated carbocycles. The van der Waals surface area contributed by atoms with Gasteiger partial charge >= 0.3 is 0 Å².